The van der Waals surface area contributed by atoms with E-state index in [4.69, 9.17) is 29.3 Å². The van der Waals surface area contributed by atoms with Gasteiger partial charge >= 0.3 is 5.97 Å². The average molecular weight is 946 g/mol. The van der Waals surface area contributed by atoms with Crippen LogP contribution in [0.15, 0.2) is 53.5 Å². The number of unbranched alkanes of at least 4 members (excludes halogenated alkanes) is 2. The summed E-state index contributed by atoms with van der Waals surface area (Å²) in [6.45, 7) is 21.0. The molecule has 0 saturated heterocycles. The van der Waals surface area contributed by atoms with Gasteiger partial charge in [0.15, 0.2) is 38.8 Å². The lowest BCUT2D eigenvalue weighted by Gasteiger charge is -2.21. The number of aryl methyl sites for hydroxylation is 2. The third-order valence-corrected chi connectivity index (χ3v) is 14.5. The van der Waals surface area contributed by atoms with Crippen LogP contribution < -0.4 is 19.8 Å². The summed E-state index contributed by atoms with van der Waals surface area (Å²) in [5.41, 5.74) is 2.75. The van der Waals surface area contributed by atoms with Gasteiger partial charge in [0.1, 0.15) is 6.73 Å². The Morgan fingerprint density at radius 1 is 0.969 bits per heavy atom. The Kier molecular flexibility index (Phi) is 20.5. The fourth-order valence-corrected chi connectivity index (χ4v) is 9.66. The molecule has 2 aromatic carbocycles. The molecule has 5 aromatic rings. The van der Waals surface area contributed by atoms with E-state index in [0.717, 1.165) is 83.5 Å². The molecule has 0 aliphatic rings. The van der Waals surface area contributed by atoms with Crippen molar-refractivity contribution >= 4 is 63.7 Å². The Balaban J connectivity index is 1.36. The molecule has 0 bridgehead atoms. The maximum Gasteiger partial charge on any atom is 0.357 e. The van der Waals surface area contributed by atoms with Crippen LogP contribution in [0, 0.1) is 24.6 Å². The van der Waals surface area contributed by atoms with Crippen LogP contribution in [0.3, 0.4) is 0 Å². The Labute approximate surface area is 394 Å². The highest BCUT2D eigenvalue weighted by molar-refractivity contribution is 7.16. The number of anilines is 2. The van der Waals surface area contributed by atoms with Crippen LogP contribution in [-0.4, -0.2) is 124 Å². The molecule has 13 nitrogen and oxygen atoms in total. The van der Waals surface area contributed by atoms with Gasteiger partial charge in [0, 0.05) is 44.8 Å². The number of para-hydroxylation sites is 1. The number of hydrogen-bond acceptors (Lipinski definition) is 14. The van der Waals surface area contributed by atoms with E-state index in [0.29, 0.717) is 61.6 Å². The molecule has 0 saturated carbocycles. The number of carbonyl (C=O) groups excluding carboxylic acids is 1. The third-order valence-electron chi connectivity index (χ3n) is 10.6. The first kappa shape index (κ1) is 51.4. The molecule has 0 aliphatic heterocycles. The maximum atomic E-state index is 14.9. The highest BCUT2D eigenvalue weighted by Crippen LogP contribution is 2.34. The highest BCUT2D eigenvalue weighted by Gasteiger charge is 2.24. The number of nitrogens with one attached hydrogen (secondary N) is 1. The van der Waals surface area contributed by atoms with Gasteiger partial charge in [0.25, 0.3) is 0 Å². The summed E-state index contributed by atoms with van der Waals surface area (Å²) in [6, 6.07) is 16.1. The number of thiazole rings is 2. The number of fused-ring (bicyclic) bond motifs is 1. The SMILES string of the molecule is CCN(CC)CCNCCCCCN(c1cc(C)c(N=c2sc3ccccc3n2COCC[Si](C)(C)C)nn1)c1nc(C(=O)OC)c(CCCOc2ccc(C#CCN(C)C)cc2F)s1. The van der Waals surface area contributed by atoms with E-state index in [1.165, 1.54) is 24.5 Å². The third kappa shape index (κ3) is 16.1. The van der Waals surface area contributed by atoms with E-state index < -0.39 is 19.9 Å². The van der Waals surface area contributed by atoms with Gasteiger partial charge in [-0.3, -0.25) is 9.47 Å². The van der Waals surface area contributed by atoms with Crippen molar-refractivity contribution in [3.63, 3.8) is 0 Å². The Bertz CT molecular complexity index is 2420. The second kappa shape index (κ2) is 26.0. The van der Waals surface area contributed by atoms with Crippen LogP contribution in [-0.2, 0) is 22.6 Å². The summed E-state index contributed by atoms with van der Waals surface area (Å²) in [5, 5.41) is 13.6. The first-order chi connectivity index (χ1) is 31.3. The number of esters is 1. The normalized spacial score (nSPS) is 12.0. The standard InChI is InChI=1S/C48H68FN9O4S2Si/c1-10-56(11-2)29-26-50-25-15-12-16-28-57(43-33-36(3)45(54-53-43)52-48-58(35-61-31-32-65(7,8)9)39-20-13-14-21-41(39)63-48)47-51-44(46(59)60-6)42(64-47)22-18-30-62-40-24-23-37(34-38(40)49)19-17-27-55(4)5/h13-14,20-21,23-24,33-34,50H,10-12,15-16,18,22,25-32,35H2,1-9H3. The predicted molar refractivity (Wildman–Crippen MR) is 267 cm³/mol. The maximum absolute atomic E-state index is 14.9. The smallest absolute Gasteiger partial charge is 0.357 e. The number of rotatable bonds is 26. The van der Waals surface area contributed by atoms with Crippen molar-refractivity contribution < 1.29 is 23.4 Å². The number of likely N-dealkylation sites (N-methyl/N-ethyl adjacent to an activating group) is 1. The number of benzene rings is 2. The van der Waals surface area contributed by atoms with E-state index in [9.17, 15) is 9.18 Å². The number of methoxy groups -OCH3 is 1. The molecule has 0 atom stereocenters. The number of carbonyl (C=O) groups is 1. The summed E-state index contributed by atoms with van der Waals surface area (Å²) in [4.78, 5) is 31.0. The predicted octanol–water partition coefficient (Wildman–Crippen LogP) is 8.89. The van der Waals surface area contributed by atoms with Gasteiger partial charge in [-0.2, -0.15) is 4.99 Å². The number of halogens is 1. The molecule has 0 amide bonds. The van der Waals surface area contributed by atoms with Gasteiger partial charge in [-0.05, 0) is 114 Å². The van der Waals surface area contributed by atoms with Crippen molar-refractivity contribution in [2.75, 3.05) is 85.1 Å². The molecule has 17 heteroatoms. The highest BCUT2D eigenvalue weighted by atomic mass is 32.1. The summed E-state index contributed by atoms with van der Waals surface area (Å²) in [5.74, 6) is 6.30. The molecule has 3 heterocycles. The summed E-state index contributed by atoms with van der Waals surface area (Å²) in [7, 11) is 3.98. The first-order valence-electron chi connectivity index (χ1n) is 22.7. The molecule has 3 aromatic heterocycles. The van der Waals surface area contributed by atoms with Gasteiger partial charge < -0.3 is 29.3 Å². The molecule has 0 spiro atoms. The van der Waals surface area contributed by atoms with Gasteiger partial charge in [-0.1, -0.05) is 75.2 Å². The van der Waals surface area contributed by atoms with Gasteiger partial charge in [-0.25, -0.2) is 14.2 Å². The van der Waals surface area contributed by atoms with Crippen LogP contribution in [0.1, 0.15) is 66.0 Å². The lowest BCUT2D eigenvalue weighted by molar-refractivity contribution is 0.0593. The van der Waals surface area contributed by atoms with E-state index in [1.54, 1.807) is 23.5 Å². The van der Waals surface area contributed by atoms with E-state index in [-0.39, 0.29) is 18.1 Å². The number of aromatic nitrogens is 4. The zero-order valence-corrected chi connectivity index (χ0v) is 42.5. The summed E-state index contributed by atoms with van der Waals surface area (Å²) < 4.78 is 35.4. The number of nitrogens with zero attached hydrogens (tertiary/aromatic N) is 8. The minimum Gasteiger partial charge on any atom is -0.491 e. The Morgan fingerprint density at radius 3 is 2.49 bits per heavy atom. The molecular weight excluding hydrogens is 878 g/mol. The zero-order chi connectivity index (χ0) is 46.8. The first-order valence-corrected chi connectivity index (χ1v) is 28.0. The minimum atomic E-state index is -1.25. The number of ether oxygens (including phenoxy) is 3. The van der Waals surface area contributed by atoms with Crippen molar-refractivity contribution in [2.24, 2.45) is 4.99 Å². The fourth-order valence-electron chi connectivity index (χ4n) is 6.76. The molecule has 1 N–H and O–H groups in total. The van der Waals surface area contributed by atoms with E-state index >= 15 is 0 Å². The quantitative estimate of drug-likeness (QED) is 0.0248. The lowest BCUT2D eigenvalue weighted by atomic mass is 10.2. The molecule has 5 rings (SSSR count). The minimum absolute atomic E-state index is 0.156. The monoisotopic (exact) mass is 945 g/mol. The van der Waals surface area contributed by atoms with E-state index in [1.807, 2.05) is 49.0 Å². The molecule has 65 heavy (non-hydrogen) atoms. The van der Waals surface area contributed by atoms with E-state index in [2.05, 4.69) is 77.3 Å². The lowest BCUT2D eigenvalue weighted by Crippen LogP contribution is -2.32. The zero-order valence-electron chi connectivity index (χ0n) is 39.8. The van der Waals surface area contributed by atoms with Crippen molar-refractivity contribution in [3.05, 3.63) is 80.8 Å². The van der Waals surface area contributed by atoms with Crippen LogP contribution >= 0.6 is 22.7 Å². The van der Waals surface area contributed by atoms with Crippen LogP contribution in [0.2, 0.25) is 25.7 Å². The van der Waals surface area contributed by atoms with Crippen molar-refractivity contribution in [1.29, 1.82) is 0 Å². The molecule has 0 unspecified atom stereocenters. The Morgan fingerprint density at radius 2 is 1.77 bits per heavy atom. The van der Waals surface area contributed by atoms with Crippen LogP contribution in [0.4, 0.5) is 21.2 Å². The topological polar surface area (TPSA) is 122 Å². The summed E-state index contributed by atoms with van der Waals surface area (Å²) in [6.07, 6.45) is 3.87. The van der Waals surface area contributed by atoms with Gasteiger partial charge in [0.05, 0.1) is 30.5 Å². The van der Waals surface area contributed by atoms with Crippen molar-refractivity contribution in [2.45, 2.75) is 85.3 Å². The fraction of sp³-hybridized carbons (Fsp3) is 0.521. The van der Waals surface area contributed by atoms with Crippen molar-refractivity contribution in [1.82, 2.24) is 34.9 Å². The molecule has 0 aliphatic carbocycles. The largest absolute Gasteiger partial charge is 0.491 e. The number of hydrogen-bond donors (Lipinski definition) is 1. The van der Waals surface area contributed by atoms with Crippen molar-refractivity contribution in [3.8, 4) is 17.6 Å². The summed E-state index contributed by atoms with van der Waals surface area (Å²) >= 11 is 3.02. The molecule has 0 radical (unpaired) electrons. The van der Waals surface area contributed by atoms with Crippen LogP contribution in [0.25, 0.3) is 10.2 Å². The second-order valence-electron chi connectivity index (χ2n) is 17.3. The molecule has 352 valence electrons. The second-order valence-corrected chi connectivity index (χ2v) is 25.0. The van der Waals surface area contributed by atoms with Gasteiger partial charge in [0.2, 0.25) is 0 Å². The molecule has 0 fully saturated rings. The molecular formula is C48H68FN9O4S2Si. The van der Waals surface area contributed by atoms with Crippen LogP contribution in [0.5, 0.6) is 5.75 Å². The van der Waals surface area contributed by atoms with Gasteiger partial charge in [-0.15, -0.1) is 21.5 Å². The Hall–Kier alpha value is -4.54. The average Bonchev–Trinajstić information content (AvgIpc) is 3.86.